The van der Waals surface area contributed by atoms with Crippen molar-refractivity contribution in [1.82, 2.24) is 29.9 Å². The predicted octanol–water partition coefficient (Wildman–Crippen LogP) is 4.45. The molecule has 2 N–H and O–H groups in total. The zero-order chi connectivity index (χ0) is 23.1. The van der Waals surface area contributed by atoms with Gasteiger partial charge in [0.1, 0.15) is 17.1 Å². The van der Waals surface area contributed by atoms with Gasteiger partial charge in [-0.2, -0.15) is 0 Å². The first-order chi connectivity index (χ1) is 15.9. The van der Waals surface area contributed by atoms with Crippen molar-refractivity contribution in [1.29, 1.82) is 0 Å². The molecular weight excluding hydrogens is 485 g/mol. The predicted molar refractivity (Wildman–Crippen MR) is 144 cm³/mol. The first-order valence-electron chi connectivity index (χ1n) is 11.4. The van der Waals surface area contributed by atoms with E-state index in [2.05, 4.69) is 50.3 Å². The van der Waals surface area contributed by atoms with Crippen LogP contribution >= 0.6 is 24.8 Å². The summed E-state index contributed by atoms with van der Waals surface area (Å²) in [5.41, 5.74) is 6.11. The summed E-state index contributed by atoms with van der Waals surface area (Å²) in [5, 5.41) is 23.0. The maximum atomic E-state index is 10.8. The minimum atomic E-state index is 0. The number of nitrogens with zero attached hydrogens (tertiary/aromatic N) is 6. The number of aryl methyl sites for hydroxylation is 2. The van der Waals surface area contributed by atoms with Gasteiger partial charge in [0, 0.05) is 43.6 Å². The molecule has 1 fully saturated rings. The summed E-state index contributed by atoms with van der Waals surface area (Å²) >= 11 is 0. The number of piperazine rings is 1. The molecule has 186 valence electrons. The Hall–Kier alpha value is -2.94. The number of aromatic hydroxyl groups is 1. The van der Waals surface area contributed by atoms with Gasteiger partial charge in [-0.3, -0.25) is 0 Å². The number of hydrogen-bond donors (Lipinski definition) is 2. The fourth-order valence-corrected chi connectivity index (χ4v) is 4.42. The van der Waals surface area contributed by atoms with E-state index in [4.69, 9.17) is 0 Å². The highest BCUT2D eigenvalue weighted by molar-refractivity contribution is 5.85. The summed E-state index contributed by atoms with van der Waals surface area (Å²) < 4.78 is 2.03. The Morgan fingerprint density at radius 2 is 1.86 bits per heavy atom. The molecule has 0 unspecified atom stereocenters. The number of rotatable bonds is 4. The third-order valence-corrected chi connectivity index (χ3v) is 6.31. The first kappa shape index (κ1) is 26.7. The van der Waals surface area contributed by atoms with Gasteiger partial charge in [-0.15, -0.1) is 35.0 Å². The minimum Gasteiger partial charge on any atom is -0.507 e. The molecule has 0 radical (unpaired) electrons. The van der Waals surface area contributed by atoms with Crippen LogP contribution in [0.25, 0.3) is 28.0 Å². The normalized spacial score (nSPS) is 15.7. The van der Waals surface area contributed by atoms with E-state index in [1.54, 1.807) is 12.3 Å². The molecule has 4 heterocycles. The van der Waals surface area contributed by atoms with Crippen molar-refractivity contribution in [2.45, 2.75) is 33.7 Å². The van der Waals surface area contributed by atoms with Gasteiger partial charge < -0.3 is 19.7 Å². The lowest BCUT2D eigenvalue weighted by Crippen LogP contribution is -2.53. The fourth-order valence-electron chi connectivity index (χ4n) is 4.42. The smallest absolute Gasteiger partial charge is 0.245 e. The Kier molecular flexibility index (Phi) is 8.20. The Morgan fingerprint density at radius 3 is 2.54 bits per heavy atom. The SMILES string of the molecule is Cc1cn2cc(-c3ccc(-c4cnc(N5CCN[C@@H](C(C)C)C5)nn4)c(O)c3)cc(C)c2n1.Cl.Cl. The second kappa shape index (κ2) is 10.8. The summed E-state index contributed by atoms with van der Waals surface area (Å²) in [6.07, 6.45) is 5.73. The number of phenolic OH excluding ortho intramolecular Hbond substituents is 1. The second-order valence-corrected chi connectivity index (χ2v) is 9.15. The highest BCUT2D eigenvalue weighted by Gasteiger charge is 2.23. The summed E-state index contributed by atoms with van der Waals surface area (Å²) in [6.45, 7) is 11.1. The third kappa shape index (κ3) is 5.34. The van der Waals surface area contributed by atoms with Crippen LogP contribution in [0.5, 0.6) is 5.75 Å². The topological polar surface area (TPSA) is 91.5 Å². The van der Waals surface area contributed by atoms with E-state index in [0.717, 1.165) is 47.7 Å². The van der Waals surface area contributed by atoms with Gasteiger partial charge in [-0.1, -0.05) is 19.9 Å². The quantitative estimate of drug-likeness (QED) is 0.414. The molecule has 8 nitrogen and oxygen atoms in total. The molecule has 0 bridgehead atoms. The van der Waals surface area contributed by atoms with Crippen molar-refractivity contribution < 1.29 is 5.11 Å². The van der Waals surface area contributed by atoms with Crippen LogP contribution in [-0.4, -0.2) is 55.3 Å². The summed E-state index contributed by atoms with van der Waals surface area (Å²) in [7, 11) is 0. The molecule has 0 aliphatic carbocycles. The number of imidazole rings is 1. The standard InChI is InChI=1S/C25H29N7O.2ClH/c1-15(2)22-14-31(8-7-26-22)25-27-11-21(29-30-25)20-6-5-18(10-23(20)33)19-9-16(3)24-28-17(4)12-32(24)13-19;;/h5-6,9-13,15,22,26,33H,7-8,14H2,1-4H3;2*1H/t22-;;/m1../s1. The third-order valence-electron chi connectivity index (χ3n) is 6.31. The van der Waals surface area contributed by atoms with Gasteiger partial charge in [-0.05, 0) is 54.7 Å². The molecule has 1 saturated heterocycles. The fraction of sp³-hybridized carbons (Fsp3) is 0.360. The van der Waals surface area contributed by atoms with Crippen molar-refractivity contribution in [2.24, 2.45) is 5.92 Å². The van der Waals surface area contributed by atoms with Gasteiger partial charge >= 0.3 is 0 Å². The van der Waals surface area contributed by atoms with E-state index in [-0.39, 0.29) is 30.6 Å². The lowest BCUT2D eigenvalue weighted by Gasteiger charge is -2.35. The molecule has 5 rings (SSSR count). The van der Waals surface area contributed by atoms with Crippen LogP contribution in [0.1, 0.15) is 25.1 Å². The van der Waals surface area contributed by atoms with E-state index in [1.165, 1.54) is 0 Å². The molecule has 1 atom stereocenters. The molecule has 0 spiro atoms. The summed E-state index contributed by atoms with van der Waals surface area (Å²) in [5.74, 6) is 1.32. The molecule has 0 saturated carbocycles. The monoisotopic (exact) mass is 515 g/mol. The van der Waals surface area contributed by atoms with Crippen molar-refractivity contribution >= 4 is 36.4 Å². The molecule has 1 aliphatic heterocycles. The van der Waals surface area contributed by atoms with Crippen molar-refractivity contribution in [3.8, 4) is 28.1 Å². The van der Waals surface area contributed by atoms with Gasteiger partial charge in [-0.25, -0.2) is 9.97 Å². The van der Waals surface area contributed by atoms with E-state index in [0.29, 0.717) is 29.2 Å². The number of hydrogen-bond acceptors (Lipinski definition) is 7. The first-order valence-corrected chi connectivity index (χ1v) is 11.4. The lowest BCUT2D eigenvalue weighted by atomic mass is 10.0. The number of anilines is 1. The molecule has 3 aromatic heterocycles. The van der Waals surface area contributed by atoms with Gasteiger partial charge in [0.2, 0.25) is 5.95 Å². The van der Waals surface area contributed by atoms with E-state index >= 15 is 0 Å². The average molecular weight is 516 g/mol. The van der Waals surface area contributed by atoms with Crippen molar-refractivity contribution in [2.75, 3.05) is 24.5 Å². The van der Waals surface area contributed by atoms with E-state index in [9.17, 15) is 5.11 Å². The molecule has 1 aromatic carbocycles. The lowest BCUT2D eigenvalue weighted by molar-refractivity contribution is 0.365. The highest BCUT2D eigenvalue weighted by Crippen LogP contribution is 2.33. The molecule has 10 heteroatoms. The Morgan fingerprint density at radius 1 is 1.06 bits per heavy atom. The zero-order valence-corrected chi connectivity index (χ0v) is 21.9. The van der Waals surface area contributed by atoms with E-state index in [1.807, 2.05) is 42.8 Å². The van der Waals surface area contributed by atoms with Crippen molar-refractivity contribution in [3.63, 3.8) is 0 Å². The molecular formula is C25H31Cl2N7O. The number of aromatic nitrogens is 5. The highest BCUT2D eigenvalue weighted by atomic mass is 35.5. The van der Waals surface area contributed by atoms with Gasteiger partial charge in [0.25, 0.3) is 0 Å². The van der Waals surface area contributed by atoms with Crippen LogP contribution in [0, 0.1) is 19.8 Å². The van der Waals surface area contributed by atoms with Crippen LogP contribution < -0.4 is 10.2 Å². The molecule has 4 aromatic rings. The van der Waals surface area contributed by atoms with Crippen LogP contribution in [0.2, 0.25) is 0 Å². The number of pyridine rings is 1. The average Bonchev–Trinajstić information content (AvgIpc) is 3.20. The Labute approximate surface area is 217 Å². The minimum absolute atomic E-state index is 0. The number of nitrogens with one attached hydrogen (secondary N) is 1. The largest absolute Gasteiger partial charge is 0.507 e. The van der Waals surface area contributed by atoms with Crippen LogP contribution in [-0.2, 0) is 0 Å². The van der Waals surface area contributed by atoms with Crippen LogP contribution in [0.3, 0.4) is 0 Å². The van der Waals surface area contributed by atoms with Crippen LogP contribution in [0.4, 0.5) is 5.95 Å². The summed E-state index contributed by atoms with van der Waals surface area (Å²) in [6, 6.07) is 8.11. The summed E-state index contributed by atoms with van der Waals surface area (Å²) in [4.78, 5) is 11.3. The molecule has 1 aliphatic rings. The van der Waals surface area contributed by atoms with Crippen LogP contribution in [0.15, 0.2) is 42.9 Å². The maximum absolute atomic E-state index is 10.8. The second-order valence-electron chi connectivity index (χ2n) is 9.15. The molecule has 0 amide bonds. The van der Waals surface area contributed by atoms with Crippen molar-refractivity contribution in [3.05, 3.63) is 54.1 Å². The molecule has 35 heavy (non-hydrogen) atoms. The van der Waals surface area contributed by atoms with E-state index < -0.39 is 0 Å². The maximum Gasteiger partial charge on any atom is 0.245 e. The Balaban J connectivity index is 0.00000171. The Bertz CT molecular complexity index is 1310. The number of benzene rings is 1. The number of phenols is 1. The van der Waals surface area contributed by atoms with Gasteiger partial charge in [0.05, 0.1) is 11.9 Å². The number of halogens is 2. The number of fused-ring (bicyclic) bond motifs is 1. The van der Waals surface area contributed by atoms with Gasteiger partial charge in [0.15, 0.2) is 0 Å². The zero-order valence-electron chi connectivity index (χ0n) is 20.3.